The minimum absolute atomic E-state index is 0.193. The number of fused-ring (bicyclic) bond motifs is 1. The van der Waals surface area contributed by atoms with Crippen molar-refractivity contribution in [3.8, 4) is 0 Å². The predicted molar refractivity (Wildman–Crippen MR) is 48.3 cm³/mol. The predicted octanol–water partition coefficient (Wildman–Crippen LogP) is 0.770. The number of aliphatic hydroxyl groups is 1. The molecule has 3 rings (SSSR count). The smallest absolute Gasteiger partial charge is 0.340 e. The highest BCUT2D eigenvalue weighted by Crippen LogP contribution is 2.48. The molecule has 80 valence electrons. The average molecular weight is 209 g/mol. The monoisotopic (exact) mass is 209 g/mol. The molecular weight excluding hydrogens is 198 g/mol. The highest BCUT2D eigenvalue weighted by molar-refractivity contribution is 5.81. The lowest BCUT2D eigenvalue weighted by molar-refractivity contribution is -0.159. The Labute approximate surface area is 85.7 Å². The molecule has 1 unspecified atom stereocenters. The van der Waals surface area contributed by atoms with Crippen molar-refractivity contribution in [2.45, 2.75) is 37.2 Å². The lowest BCUT2D eigenvalue weighted by Crippen LogP contribution is -2.33. The fourth-order valence-corrected chi connectivity index (χ4v) is 2.22. The van der Waals surface area contributed by atoms with Crippen LogP contribution in [-0.2, 0) is 16.8 Å². The summed E-state index contributed by atoms with van der Waals surface area (Å²) in [5, 5.41) is 23.0. The van der Waals surface area contributed by atoms with Crippen molar-refractivity contribution in [1.82, 2.24) is 5.16 Å². The van der Waals surface area contributed by atoms with Crippen molar-refractivity contribution < 1.29 is 19.5 Å². The number of carbonyl (C=O) groups is 1. The van der Waals surface area contributed by atoms with Gasteiger partial charge in [0.15, 0.2) is 5.60 Å². The standard InChI is InChI=1S/C10H11NO4/c12-9(13)10(14)4-3-6-7(10)8(11-15-6)5-1-2-5/h5,14H,1-4H2,(H,12,13). The zero-order valence-corrected chi connectivity index (χ0v) is 8.06. The molecule has 1 saturated carbocycles. The van der Waals surface area contributed by atoms with Crippen LogP contribution in [0.5, 0.6) is 0 Å². The lowest BCUT2D eigenvalue weighted by atomic mass is 9.95. The van der Waals surface area contributed by atoms with Gasteiger partial charge in [-0.25, -0.2) is 4.79 Å². The number of carboxylic acids is 1. The van der Waals surface area contributed by atoms with Crippen molar-refractivity contribution in [3.05, 3.63) is 17.0 Å². The van der Waals surface area contributed by atoms with Crippen LogP contribution in [0.25, 0.3) is 0 Å². The van der Waals surface area contributed by atoms with Gasteiger partial charge in [-0.05, 0) is 19.3 Å². The molecule has 1 aromatic rings. The van der Waals surface area contributed by atoms with Crippen LogP contribution in [0.1, 0.15) is 42.2 Å². The molecule has 2 aliphatic carbocycles. The second-order valence-electron chi connectivity index (χ2n) is 4.31. The number of rotatable bonds is 2. The van der Waals surface area contributed by atoms with E-state index in [2.05, 4.69) is 5.16 Å². The van der Waals surface area contributed by atoms with Crippen LogP contribution in [0.3, 0.4) is 0 Å². The third-order valence-corrected chi connectivity index (χ3v) is 3.23. The quantitative estimate of drug-likeness (QED) is 0.751. The van der Waals surface area contributed by atoms with E-state index >= 15 is 0 Å². The van der Waals surface area contributed by atoms with E-state index in [0.717, 1.165) is 12.8 Å². The second kappa shape index (κ2) is 2.61. The molecule has 0 saturated heterocycles. The second-order valence-corrected chi connectivity index (χ2v) is 4.31. The number of nitrogens with zero attached hydrogens (tertiary/aromatic N) is 1. The van der Waals surface area contributed by atoms with Gasteiger partial charge in [-0.3, -0.25) is 0 Å². The maximum atomic E-state index is 11.1. The van der Waals surface area contributed by atoms with Gasteiger partial charge in [-0.2, -0.15) is 0 Å². The maximum absolute atomic E-state index is 11.1. The molecule has 0 radical (unpaired) electrons. The van der Waals surface area contributed by atoms with E-state index in [4.69, 9.17) is 9.63 Å². The van der Waals surface area contributed by atoms with Gasteiger partial charge in [-0.15, -0.1) is 0 Å². The molecule has 0 spiro atoms. The van der Waals surface area contributed by atoms with Crippen molar-refractivity contribution in [2.75, 3.05) is 0 Å². The first-order chi connectivity index (χ1) is 7.13. The van der Waals surface area contributed by atoms with E-state index in [0.29, 0.717) is 29.4 Å². The Hall–Kier alpha value is -1.36. The largest absolute Gasteiger partial charge is 0.479 e. The van der Waals surface area contributed by atoms with E-state index in [1.807, 2.05) is 0 Å². The summed E-state index contributed by atoms with van der Waals surface area (Å²) >= 11 is 0. The first-order valence-corrected chi connectivity index (χ1v) is 5.07. The highest BCUT2D eigenvalue weighted by atomic mass is 16.5. The van der Waals surface area contributed by atoms with Gasteiger partial charge in [0.05, 0.1) is 11.3 Å². The summed E-state index contributed by atoms with van der Waals surface area (Å²) in [5.41, 5.74) is -0.683. The molecule has 15 heavy (non-hydrogen) atoms. The Bertz CT molecular complexity index is 435. The summed E-state index contributed by atoms with van der Waals surface area (Å²) in [6.07, 6.45) is 2.67. The van der Waals surface area contributed by atoms with Crippen molar-refractivity contribution >= 4 is 5.97 Å². The van der Waals surface area contributed by atoms with Crippen molar-refractivity contribution in [2.24, 2.45) is 0 Å². The van der Waals surface area contributed by atoms with E-state index in [1.54, 1.807) is 0 Å². The molecule has 0 aromatic carbocycles. The minimum Gasteiger partial charge on any atom is -0.479 e. The van der Waals surface area contributed by atoms with Gasteiger partial charge in [0.2, 0.25) is 0 Å². The maximum Gasteiger partial charge on any atom is 0.340 e. The van der Waals surface area contributed by atoms with Crippen LogP contribution in [0.2, 0.25) is 0 Å². The summed E-state index contributed by atoms with van der Waals surface area (Å²) in [5.74, 6) is -0.366. The van der Waals surface area contributed by atoms with Crippen LogP contribution >= 0.6 is 0 Å². The average Bonchev–Trinajstić information content (AvgIpc) is 2.85. The SMILES string of the molecule is O=C(O)C1(O)CCc2onc(C3CC3)c21. The Morgan fingerprint density at radius 3 is 2.87 bits per heavy atom. The topological polar surface area (TPSA) is 83.6 Å². The number of aryl methyl sites for hydroxylation is 1. The lowest BCUT2D eigenvalue weighted by Gasteiger charge is -2.17. The Morgan fingerprint density at radius 1 is 1.53 bits per heavy atom. The molecule has 2 N–H and O–H groups in total. The third kappa shape index (κ3) is 1.07. The fraction of sp³-hybridized carbons (Fsp3) is 0.600. The minimum atomic E-state index is -1.77. The van der Waals surface area contributed by atoms with Crippen LogP contribution in [0.4, 0.5) is 0 Å². The Balaban J connectivity index is 2.14. The third-order valence-electron chi connectivity index (χ3n) is 3.23. The summed E-state index contributed by atoms with van der Waals surface area (Å²) in [7, 11) is 0. The number of hydrogen-bond donors (Lipinski definition) is 2. The van der Waals surface area contributed by atoms with Crippen LogP contribution in [0, 0.1) is 0 Å². The molecule has 5 heteroatoms. The van der Waals surface area contributed by atoms with E-state index in [-0.39, 0.29) is 6.42 Å². The molecule has 1 heterocycles. The molecule has 1 aromatic heterocycles. The first-order valence-electron chi connectivity index (χ1n) is 5.07. The van der Waals surface area contributed by atoms with E-state index < -0.39 is 11.6 Å². The van der Waals surface area contributed by atoms with E-state index in [9.17, 15) is 9.90 Å². The first kappa shape index (κ1) is 8.91. The van der Waals surface area contributed by atoms with E-state index in [1.165, 1.54) is 0 Å². The molecule has 1 atom stereocenters. The molecule has 1 fully saturated rings. The summed E-state index contributed by atoms with van der Waals surface area (Å²) in [6.45, 7) is 0. The van der Waals surface area contributed by atoms with Crippen molar-refractivity contribution in [1.29, 1.82) is 0 Å². The molecule has 5 nitrogen and oxygen atoms in total. The summed E-state index contributed by atoms with van der Waals surface area (Å²) < 4.78 is 5.08. The van der Waals surface area contributed by atoms with Crippen LogP contribution < -0.4 is 0 Å². The van der Waals surface area contributed by atoms with Gasteiger partial charge >= 0.3 is 5.97 Å². The number of aromatic nitrogens is 1. The number of carboxylic acid groups (broad SMARTS) is 1. The van der Waals surface area contributed by atoms with Crippen LogP contribution in [-0.4, -0.2) is 21.3 Å². The van der Waals surface area contributed by atoms with Crippen molar-refractivity contribution in [3.63, 3.8) is 0 Å². The van der Waals surface area contributed by atoms with Crippen LogP contribution in [0.15, 0.2) is 4.52 Å². The van der Waals surface area contributed by atoms with Gasteiger partial charge in [-0.1, -0.05) is 5.16 Å². The normalized spacial score (nSPS) is 29.1. The molecular formula is C10H11NO4. The van der Waals surface area contributed by atoms with Gasteiger partial charge in [0, 0.05) is 12.3 Å². The molecule has 0 bridgehead atoms. The molecule has 0 aliphatic heterocycles. The summed E-state index contributed by atoms with van der Waals surface area (Å²) in [4.78, 5) is 11.1. The van der Waals surface area contributed by atoms with Gasteiger partial charge in [0.1, 0.15) is 5.76 Å². The Morgan fingerprint density at radius 2 is 2.27 bits per heavy atom. The zero-order chi connectivity index (χ0) is 10.6. The van der Waals surface area contributed by atoms with Gasteiger partial charge < -0.3 is 14.7 Å². The molecule has 2 aliphatic rings. The fourth-order valence-electron chi connectivity index (χ4n) is 2.22. The van der Waals surface area contributed by atoms with Gasteiger partial charge in [0.25, 0.3) is 0 Å². The zero-order valence-electron chi connectivity index (χ0n) is 8.06. The summed E-state index contributed by atoms with van der Waals surface area (Å²) in [6, 6.07) is 0. The Kier molecular flexibility index (Phi) is 1.55. The number of hydrogen-bond acceptors (Lipinski definition) is 4. The highest BCUT2D eigenvalue weighted by Gasteiger charge is 2.50. The number of aliphatic carboxylic acids is 1. The molecule has 0 amide bonds.